The number of amides is 1. The number of hydrogen-bond acceptors (Lipinski definition) is 3. The number of ether oxygens (including phenoxy) is 1. The normalized spacial score (nSPS) is 13.8. The highest BCUT2D eigenvalue weighted by Crippen LogP contribution is 2.21. The molecule has 1 aromatic carbocycles. The first kappa shape index (κ1) is 10.7. The summed E-state index contributed by atoms with van der Waals surface area (Å²) in [7, 11) is 0. The number of carbonyl (C=O) groups excluding carboxylic acids is 2. The van der Waals surface area contributed by atoms with Gasteiger partial charge in [0, 0.05) is 12.0 Å². The molecular weight excluding hydrogens is 206 g/mol. The molecule has 4 heteroatoms. The zero-order valence-electron chi connectivity index (χ0n) is 9.10. The number of benzene rings is 1. The Morgan fingerprint density at radius 2 is 2.19 bits per heavy atom. The third-order valence-corrected chi connectivity index (χ3v) is 2.57. The maximum absolute atomic E-state index is 11.8. The predicted octanol–water partition coefficient (Wildman–Crippen LogP) is 1.55. The van der Waals surface area contributed by atoms with E-state index >= 15 is 0 Å². The summed E-state index contributed by atoms with van der Waals surface area (Å²) in [6.45, 7) is 2.29. The van der Waals surface area contributed by atoms with Crippen molar-refractivity contribution in [1.82, 2.24) is 4.90 Å². The van der Waals surface area contributed by atoms with Crippen molar-refractivity contribution in [2.24, 2.45) is 0 Å². The second-order valence-corrected chi connectivity index (χ2v) is 3.66. The van der Waals surface area contributed by atoms with Crippen LogP contribution in [0.2, 0.25) is 0 Å². The van der Waals surface area contributed by atoms with E-state index in [1.54, 1.807) is 13.0 Å². The molecular formula is C12H13NO3. The minimum atomic E-state index is -0.288. The fraction of sp³-hybridized carbons (Fsp3) is 0.333. The summed E-state index contributed by atoms with van der Waals surface area (Å²) in [5.74, 6) is -0.358. The van der Waals surface area contributed by atoms with Gasteiger partial charge < -0.3 is 9.64 Å². The van der Waals surface area contributed by atoms with Crippen LogP contribution < -0.4 is 0 Å². The van der Waals surface area contributed by atoms with Gasteiger partial charge in [-0.2, -0.15) is 0 Å². The van der Waals surface area contributed by atoms with E-state index < -0.39 is 0 Å². The summed E-state index contributed by atoms with van der Waals surface area (Å²) < 4.78 is 4.94. The number of carbonyl (C=O) groups is 2. The molecule has 16 heavy (non-hydrogen) atoms. The van der Waals surface area contributed by atoms with E-state index in [1.165, 1.54) is 4.90 Å². The Morgan fingerprint density at radius 3 is 2.88 bits per heavy atom. The van der Waals surface area contributed by atoms with Crippen molar-refractivity contribution in [3.05, 3.63) is 35.4 Å². The van der Waals surface area contributed by atoms with Gasteiger partial charge in [0.25, 0.3) is 5.91 Å². The van der Waals surface area contributed by atoms with Crippen LogP contribution in [0.25, 0.3) is 0 Å². The summed E-state index contributed by atoms with van der Waals surface area (Å²) in [5, 5.41) is 0. The van der Waals surface area contributed by atoms with Crippen LogP contribution in [0.4, 0.5) is 0 Å². The molecule has 84 valence electrons. The van der Waals surface area contributed by atoms with E-state index in [-0.39, 0.29) is 18.6 Å². The van der Waals surface area contributed by atoms with E-state index in [1.807, 2.05) is 18.2 Å². The topological polar surface area (TPSA) is 46.6 Å². The van der Waals surface area contributed by atoms with Crippen molar-refractivity contribution >= 4 is 11.9 Å². The van der Waals surface area contributed by atoms with Gasteiger partial charge >= 0.3 is 5.97 Å². The van der Waals surface area contributed by atoms with Gasteiger partial charge in [0.1, 0.15) is 0 Å². The molecule has 0 aliphatic carbocycles. The lowest BCUT2D eigenvalue weighted by molar-refractivity contribution is -0.146. The van der Waals surface area contributed by atoms with E-state index in [2.05, 4.69) is 0 Å². The van der Waals surface area contributed by atoms with Gasteiger partial charge in [-0.3, -0.25) is 9.59 Å². The highest BCUT2D eigenvalue weighted by Gasteiger charge is 2.27. The first-order chi connectivity index (χ1) is 7.72. The van der Waals surface area contributed by atoms with Crippen LogP contribution in [0, 0.1) is 0 Å². The number of esters is 1. The molecule has 1 aromatic rings. The molecule has 0 aromatic heterocycles. The van der Waals surface area contributed by atoms with E-state index in [9.17, 15) is 9.59 Å². The molecule has 0 saturated carbocycles. The Bertz CT molecular complexity index is 428. The molecule has 0 spiro atoms. The van der Waals surface area contributed by atoms with Crippen LogP contribution >= 0.6 is 0 Å². The monoisotopic (exact) mass is 219 g/mol. The van der Waals surface area contributed by atoms with Crippen molar-refractivity contribution in [1.29, 1.82) is 0 Å². The summed E-state index contributed by atoms with van der Waals surface area (Å²) in [6, 6.07) is 7.43. The Hall–Kier alpha value is -1.84. The fourth-order valence-corrected chi connectivity index (χ4v) is 1.67. The SMILES string of the molecule is CCC(=O)OCN1Cc2ccccc2C1=O. The summed E-state index contributed by atoms with van der Waals surface area (Å²) in [4.78, 5) is 24.3. The quantitative estimate of drug-likeness (QED) is 0.725. The first-order valence-electron chi connectivity index (χ1n) is 5.25. The fourth-order valence-electron chi connectivity index (χ4n) is 1.67. The van der Waals surface area contributed by atoms with Crippen LogP contribution in [0.1, 0.15) is 29.3 Å². The van der Waals surface area contributed by atoms with Gasteiger partial charge in [-0.15, -0.1) is 0 Å². The summed E-state index contributed by atoms with van der Waals surface area (Å²) in [5.41, 5.74) is 1.69. The Labute approximate surface area is 93.8 Å². The van der Waals surface area contributed by atoms with E-state index in [0.717, 1.165) is 5.56 Å². The number of rotatable bonds is 3. The second-order valence-electron chi connectivity index (χ2n) is 3.66. The molecule has 0 atom stereocenters. The number of fused-ring (bicyclic) bond motifs is 1. The average Bonchev–Trinajstić information content (AvgIpc) is 2.64. The second kappa shape index (κ2) is 4.35. The third-order valence-electron chi connectivity index (χ3n) is 2.57. The standard InChI is InChI=1S/C12H13NO3/c1-2-11(14)16-8-13-7-9-5-3-4-6-10(9)12(13)15/h3-6H,2,7-8H2,1H3. The molecule has 0 radical (unpaired) electrons. The molecule has 1 aliphatic heterocycles. The molecule has 2 rings (SSSR count). The van der Waals surface area contributed by atoms with E-state index in [0.29, 0.717) is 18.5 Å². The third kappa shape index (κ3) is 1.91. The van der Waals surface area contributed by atoms with Gasteiger partial charge in [0.05, 0.1) is 6.54 Å². The lowest BCUT2D eigenvalue weighted by Crippen LogP contribution is -2.28. The molecule has 0 unspecified atom stereocenters. The molecule has 0 fully saturated rings. The van der Waals surface area contributed by atoms with Crippen molar-refractivity contribution in [3.63, 3.8) is 0 Å². The van der Waals surface area contributed by atoms with Crippen LogP contribution in [0.5, 0.6) is 0 Å². The van der Waals surface area contributed by atoms with Gasteiger partial charge in [-0.05, 0) is 11.6 Å². The maximum Gasteiger partial charge on any atom is 0.307 e. The summed E-state index contributed by atoms with van der Waals surface area (Å²) in [6.07, 6.45) is 0.328. The van der Waals surface area contributed by atoms with Crippen LogP contribution in [0.15, 0.2) is 24.3 Å². The minimum Gasteiger partial charge on any atom is -0.444 e. The van der Waals surface area contributed by atoms with Gasteiger partial charge in [-0.1, -0.05) is 25.1 Å². The lowest BCUT2D eigenvalue weighted by atomic mass is 10.1. The van der Waals surface area contributed by atoms with Crippen molar-refractivity contribution in [3.8, 4) is 0 Å². The largest absolute Gasteiger partial charge is 0.444 e. The van der Waals surface area contributed by atoms with Crippen molar-refractivity contribution < 1.29 is 14.3 Å². The first-order valence-corrected chi connectivity index (χ1v) is 5.25. The Balaban J connectivity index is 2.02. The van der Waals surface area contributed by atoms with Crippen molar-refractivity contribution in [2.75, 3.05) is 6.73 Å². The molecule has 0 N–H and O–H groups in total. The van der Waals surface area contributed by atoms with Gasteiger partial charge in [0.15, 0.2) is 6.73 Å². The zero-order chi connectivity index (χ0) is 11.5. The maximum atomic E-state index is 11.8. The highest BCUT2D eigenvalue weighted by atomic mass is 16.5. The van der Waals surface area contributed by atoms with Crippen molar-refractivity contribution in [2.45, 2.75) is 19.9 Å². The summed E-state index contributed by atoms with van der Waals surface area (Å²) >= 11 is 0. The molecule has 1 heterocycles. The van der Waals surface area contributed by atoms with Gasteiger partial charge in [0.2, 0.25) is 0 Å². The minimum absolute atomic E-state index is 0.0419. The van der Waals surface area contributed by atoms with E-state index in [4.69, 9.17) is 4.74 Å². The molecule has 4 nitrogen and oxygen atoms in total. The van der Waals surface area contributed by atoms with Crippen LogP contribution in [-0.4, -0.2) is 23.5 Å². The molecule has 0 saturated heterocycles. The number of hydrogen-bond donors (Lipinski definition) is 0. The molecule has 1 aliphatic rings. The predicted molar refractivity (Wildman–Crippen MR) is 57.6 cm³/mol. The Morgan fingerprint density at radius 1 is 1.44 bits per heavy atom. The highest BCUT2D eigenvalue weighted by molar-refractivity contribution is 5.98. The zero-order valence-corrected chi connectivity index (χ0v) is 9.10. The van der Waals surface area contributed by atoms with Crippen LogP contribution in [0.3, 0.4) is 0 Å². The molecule has 1 amide bonds. The molecule has 0 bridgehead atoms. The van der Waals surface area contributed by atoms with Crippen LogP contribution in [-0.2, 0) is 16.1 Å². The average molecular weight is 219 g/mol. The smallest absolute Gasteiger partial charge is 0.307 e. The Kier molecular flexibility index (Phi) is 2.90. The number of nitrogens with zero attached hydrogens (tertiary/aromatic N) is 1. The van der Waals surface area contributed by atoms with Gasteiger partial charge in [-0.25, -0.2) is 0 Å². The lowest BCUT2D eigenvalue weighted by Gasteiger charge is -2.14.